The SMILES string of the molecule is OCc1cccc2c1ccn2CC1CC2CCC1C2. The number of nitrogens with zero attached hydrogens (tertiary/aromatic N) is 1. The molecule has 0 saturated heterocycles. The lowest BCUT2D eigenvalue weighted by molar-refractivity contribution is 0.283. The number of aromatic nitrogens is 1. The van der Waals surface area contributed by atoms with Crippen LogP contribution in [0.3, 0.4) is 0 Å². The van der Waals surface area contributed by atoms with Crippen molar-refractivity contribution in [1.82, 2.24) is 4.57 Å². The summed E-state index contributed by atoms with van der Waals surface area (Å²) in [6.07, 6.45) is 8.05. The molecule has 2 aliphatic rings. The summed E-state index contributed by atoms with van der Waals surface area (Å²) >= 11 is 0. The Hall–Kier alpha value is -1.28. The van der Waals surface area contributed by atoms with Crippen molar-refractivity contribution in [2.75, 3.05) is 0 Å². The van der Waals surface area contributed by atoms with Gasteiger partial charge in [0.05, 0.1) is 6.61 Å². The van der Waals surface area contributed by atoms with Gasteiger partial charge in [-0.1, -0.05) is 18.6 Å². The number of aliphatic hydroxyl groups excluding tert-OH is 1. The summed E-state index contributed by atoms with van der Waals surface area (Å²) < 4.78 is 2.40. The zero-order valence-corrected chi connectivity index (χ0v) is 11.3. The van der Waals surface area contributed by atoms with E-state index in [1.807, 2.05) is 6.07 Å². The fourth-order valence-electron chi connectivity index (χ4n) is 4.44. The van der Waals surface area contributed by atoms with Gasteiger partial charge in [-0.25, -0.2) is 0 Å². The average Bonchev–Trinajstić information content (AvgIpc) is 3.14. The van der Waals surface area contributed by atoms with Crippen LogP contribution in [0.1, 0.15) is 31.2 Å². The minimum Gasteiger partial charge on any atom is -0.392 e. The zero-order chi connectivity index (χ0) is 12.8. The first-order chi connectivity index (χ1) is 9.35. The van der Waals surface area contributed by atoms with Gasteiger partial charge in [0.1, 0.15) is 0 Å². The van der Waals surface area contributed by atoms with Gasteiger partial charge in [0.25, 0.3) is 0 Å². The Kier molecular flexibility index (Phi) is 2.66. The number of benzene rings is 1. The summed E-state index contributed by atoms with van der Waals surface area (Å²) in [4.78, 5) is 0. The van der Waals surface area contributed by atoms with Crippen molar-refractivity contribution in [3.05, 3.63) is 36.0 Å². The first-order valence-electron chi connectivity index (χ1n) is 7.52. The van der Waals surface area contributed by atoms with E-state index in [-0.39, 0.29) is 6.61 Å². The molecule has 100 valence electrons. The lowest BCUT2D eigenvalue weighted by atomic mass is 9.89. The number of hydrogen-bond acceptors (Lipinski definition) is 1. The van der Waals surface area contributed by atoms with Crippen LogP contribution in [0.25, 0.3) is 10.9 Å². The lowest BCUT2D eigenvalue weighted by Gasteiger charge is -2.22. The second kappa shape index (κ2) is 4.38. The molecular formula is C17H21NO. The van der Waals surface area contributed by atoms with Crippen LogP contribution in [0, 0.1) is 17.8 Å². The monoisotopic (exact) mass is 255 g/mol. The van der Waals surface area contributed by atoms with Crippen LogP contribution in [-0.2, 0) is 13.2 Å². The molecule has 0 radical (unpaired) electrons. The Morgan fingerprint density at radius 3 is 2.84 bits per heavy atom. The molecule has 2 nitrogen and oxygen atoms in total. The van der Waals surface area contributed by atoms with Gasteiger partial charge in [0.15, 0.2) is 0 Å². The topological polar surface area (TPSA) is 25.2 Å². The van der Waals surface area contributed by atoms with Crippen molar-refractivity contribution in [3.8, 4) is 0 Å². The van der Waals surface area contributed by atoms with Crippen LogP contribution >= 0.6 is 0 Å². The first kappa shape index (κ1) is 11.5. The van der Waals surface area contributed by atoms with Gasteiger partial charge in [-0.2, -0.15) is 0 Å². The fourth-order valence-corrected chi connectivity index (χ4v) is 4.44. The number of fused-ring (bicyclic) bond motifs is 3. The third-order valence-electron chi connectivity index (χ3n) is 5.39. The van der Waals surface area contributed by atoms with Gasteiger partial charge in [-0.05, 0) is 54.7 Å². The second-order valence-corrected chi connectivity index (χ2v) is 6.41. The van der Waals surface area contributed by atoms with Crippen molar-refractivity contribution >= 4 is 10.9 Å². The van der Waals surface area contributed by atoms with Gasteiger partial charge >= 0.3 is 0 Å². The Labute approximate surface area is 114 Å². The lowest BCUT2D eigenvalue weighted by Crippen LogP contribution is -2.16. The van der Waals surface area contributed by atoms with E-state index in [0.29, 0.717) is 0 Å². The van der Waals surface area contributed by atoms with Crippen molar-refractivity contribution in [2.24, 2.45) is 17.8 Å². The highest BCUT2D eigenvalue weighted by Crippen LogP contribution is 2.49. The second-order valence-electron chi connectivity index (χ2n) is 6.41. The molecule has 4 rings (SSSR count). The molecule has 2 aromatic rings. The Bertz CT molecular complexity index is 600. The van der Waals surface area contributed by atoms with E-state index in [1.165, 1.54) is 43.1 Å². The van der Waals surface area contributed by atoms with E-state index in [0.717, 1.165) is 23.3 Å². The molecule has 1 aromatic heterocycles. The largest absolute Gasteiger partial charge is 0.392 e. The average molecular weight is 255 g/mol. The summed E-state index contributed by atoms with van der Waals surface area (Å²) in [5.41, 5.74) is 2.33. The molecule has 2 heteroatoms. The third-order valence-corrected chi connectivity index (χ3v) is 5.39. The predicted octanol–water partition coefficient (Wildman–Crippen LogP) is 3.57. The summed E-state index contributed by atoms with van der Waals surface area (Å²) in [6.45, 7) is 1.30. The highest BCUT2D eigenvalue weighted by atomic mass is 16.3. The summed E-state index contributed by atoms with van der Waals surface area (Å²) in [5, 5.41) is 10.6. The molecule has 3 atom stereocenters. The van der Waals surface area contributed by atoms with E-state index in [1.54, 1.807) is 0 Å². The van der Waals surface area contributed by atoms with E-state index < -0.39 is 0 Å². The van der Waals surface area contributed by atoms with Crippen LogP contribution in [-0.4, -0.2) is 9.67 Å². The molecule has 1 N–H and O–H groups in total. The quantitative estimate of drug-likeness (QED) is 0.891. The third kappa shape index (κ3) is 1.81. The molecule has 19 heavy (non-hydrogen) atoms. The molecule has 1 aromatic carbocycles. The van der Waals surface area contributed by atoms with Gasteiger partial charge in [0, 0.05) is 23.6 Å². The standard InChI is InChI=1S/C17H21NO/c19-11-14-2-1-3-17-16(14)6-7-18(17)10-15-9-12-4-5-13(15)8-12/h1-3,6-7,12-13,15,19H,4-5,8-11H2. The molecule has 2 bridgehead atoms. The zero-order valence-electron chi connectivity index (χ0n) is 11.3. The smallest absolute Gasteiger partial charge is 0.0688 e. The number of aliphatic hydroxyl groups is 1. The molecule has 1 heterocycles. The minimum absolute atomic E-state index is 0.134. The maximum Gasteiger partial charge on any atom is 0.0688 e. The molecule has 2 fully saturated rings. The molecule has 3 unspecified atom stereocenters. The maximum absolute atomic E-state index is 9.41. The van der Waals surface area contributed by atoms with Gasteiger partial charge in [-0.15, -0.1) is 0 Å². The highest BCUT2D eigenvalue weighted by Gasteiger charge is 2.39. The van der Waals surface area contributed by atoms with Crippen LogP contribution in [0.2, 0.25) is 0 Å². The van der Waals surface area contributed by atoms with Crippen molar-refractivity contribution in [1.29, 1.82) is 0 Å². The Morgan fingerprint density at radius 1 is 1.16 bits per heavy atom. The molecule has 0 spiro atoms. The summed E-state index contributed by atoms with van der Waals surface area (Å²) in [6, 6.07) is 8.42. The summed E-state index contributed by atoms with van der Waals surface area (Å²) in [7, 11) is 0. The molecule has 2 aliphatic carbocycles. The molecular weight excluding hydrogens is 234 g/mol. The first-order valence-corrected chi connectivity index (χ1v) is 7.52. The van der Waals surface area contributed by atoms with Crippen LogP contribution in [0.5, 0.6) is 0 Å². The normalized spacial score (nSPS) is 29.4. The van der Waals surface area contributed by atoms with E-state index in [9.17, 15) is 5.11 Å². The predicted molar refractivity (Wildman–Crippen MR) is 76.8 cm³/mol. The van der Waals surface area contributed by atoms with Crippen molar-refractivity contribution < 1.29 is 5.11 Å². The van der Waals surface area contributed by atoms with Crippen molar-refractivity contribution in [2.45, 2.75) is 38.8 Å². The van der Waals surface area contributed by atoms with Crippen molar-refractivity contribution in [3.63, 3.8) is 0 Å². The number of hydrogen-bond donors (Lipinski definition) is 1. The van der Waals surface area contributed by atoms with E-state index >= 15 is 0 Å². The van der Waals surface area contributed by atoms with E-state index in [2.05, 4.69) is 29.0 Å². The van der Waals surface area contributed by atoms with Crippen LogP contribution in [0.15, 0.2) is 30.5 Å². The Balaban J connectivity index is 1.65. The van der Waals surface area contributed by atoms with Gasteiger partial charge in [-0.3, -0.25) is 0 Å². The van der Waals surface area contributed by atoms with Crippen LogP contribution < -0.4 is 0 Å². The molecule has 2 saturated carbocycles. The van der Waals surface area contributed by atoms with E-state index in [4.69, 9.17) is 0 Å². The highest BCUT2D eigenvalue weighted by molar-refractivity contribution is 5.83. The molecule has 0 aliphatic heterocycles. The van der Waals surface area contributed by atoms with Gasteiger partial charge in [0.2, 0.25) is 0 Å². The summed E-state index contributed by atoms with van der Waals surface area (Å²) in [5.74, 6) is 2.88. The van der Waals surface area contributed by atoms with Gasteiger partial charge < -0.3 is 9.67 Å². The molecule has 0 amide bonds. The maximum atomic E-state index is 9.41. The van der Waals surface area contributed by atoms with Crippen LogP contribution in [0.4, 0.5) is 0 Å². The number of rotatable bonds is 3. The minimum atomic E-state index is 0.134. The fraction of sp³-hybridized carbons (Fsp3) is 0.529. The Morgan fingerprint density at radius 2 is 2.11 bits per heavy atom.